The van der Waals surface area contributed by atoms with Crippen LogP contribution in [0.2, 0.25) is 0 Å². The number of ether oxygens (including phenoxy) is 1. The Morgan fingerprint density at radius 3 is 3.22 bits per heavy atom. The molecule has 0 spiro atoms. The highest BCUT2D eigenvalue weighted by Crippen LogP contribution is 2.27. The van der Waals surface area contributed by atoms with Gasteiger partial charge in [-0.3, -0.25) is 4.79 Å². The quantitative estimate of drug-likeness (QED) is 0.799. The number of nitrogens with zero attached hydrogens (tertiary/aromatic N) is 3. The number of hydrogen-bond donors (Lipinski definition) is 0. The van der Waals surface area contributed by atoms with Crippen molar-refractivity contribution in [3.63, 3.8) is 0 Å². The van der Waals surface area contributed by atoms with E-state index in [0.29, 0.717) is 13.2 Å². The first-order valence-corrected chi connectivity index (χ1v) is 6.88. The molecule has 5 nitrogen and oxygen atoms in total. The molecule has 0 radical (unpaired) electrons. The minimum absolute atomic E-state index is 0.0550. The van der Waals surface area contributed by atoms with E-state index in [0.717, 1.165) is 29.7 Å². The first-order chi connectivity index (χ1) is 8.72. The van der Waals surface area contributed by atoms with Crippen LogP contribution in [0.25, 0.3) is 0 Å². The third kappa shape index (κ3) is 2.98. The summed E-state index contributed by atoms with van der Waals surface area (Å²) in [6.45, 7) is 3.84. The summed E-state index contributed by atoms with van der Waals surface area (Å²) in [7, 11) is 0. The summed E-state index contributed by atoms with van der Waals surface area (Å²) in [6, 6.07) is 0. The molecule has 0 bridgehead atoms. The van der Waals surface area contributed by atoms with E-state index in [1.807, 2.05) is 6.92 Å². The summed E-state index contributed by atoms with van der Waals surface area (Å²) >= 11 is 3.44. The normalized spacial score (nSPS) is 19.7. The smallest absolute Gasteiger partial charge is 0.310 e. The Kier molecular flexibility index (Phi) is 4.52. The van der Waals surface area contributed by atoms with Crippen molar-refractivity contribution in [3.05, 3.63) is 17.0 Å². The second-order valence-electron chi connectivity index (χ2n) is 4.23. The maximum absolute atomic E-state index is 11.8. The molecule has 0 amide bonds. The molecule has 1 aliphatic rings. The van der Waals surface area contributed by atoms with Crippen LogP contribution in [-0.2, 0) is 9.53 Å². The summed E-state index contributed by atoms with van der Waals surface area (Å²) in [4.78, 5) is 22.1. The number of aromatic nitrogens is 2. The van der Waals surface area contributed by atoms with E-state index in [4.69, 9.17) is 4.74 Å². The Labute approximate surface area is 115 Å². The lowest BCUT2D eigenvalue weighted by molar-refractivity contribution is -0.148. The van der Waals surface area contributed by atoms with Crippen molar-refractivity contribution in [1.82, 2.24) is 9.97 Å². The Bertz CT molecular complexity index is 428. The summed E-state index contributed by atoms with van der Waals surface area (Å²) in [5.41, 5.74) is 0. The van der Waals surface area contributed by atoms with Gasteiger partial charge in [0.25, 0.3) is 0 Å². The molecule has 1 aliphatic heterocycles. The number of hydrogen-bond acceptors (Lipinski definition) is 5. The molecule has 2 rings (SSSR count). The number of halogens is 1. The standard InChI is InChI=1S/C12H16BrN3O2/c1-2-18-12(17)9-4-3-5-16(7-9)11-10(13)6-14-8-15-11/h6,8-9H,2-5,7H2,1H3. The van der Waals surface area contributed by atoms with Gasteiger partial charge in [0.05, 0.1) is 17.0 Å². The molecule has 2 heterocycles. The third-order valence-corrected chi connectivity index (χ3v) is 3.55. The number of anilines is 1. The van der Waals surface area contributed by atoms with Crippen LogP contribution in [0.3, 0.4) is 0 Å². The van der Waals surface area contributed by atoms with Gasteiger partial charge in [0.2, 0.25) is 0 Å². The monoisotopic (exact) mass is 313 g/mol. The van der Waals surface area contributed by atoms with E-state index in [-0.39, 0.29) is 11.9 Å². The van der Waals surface area contributed by atoms with Gasteiger partial charge in [-0.1, -0.05) is 0 Å². The van der Waals surface area contributed by atoms with Crippen molar-refractivity contribution in [1.29, 1.82) is 0 Å². The van der Waals surface area contributed by atoms with Crippen molar-refractivity contribution in [2.24, 2.45) is 5.92 Å². The summed E-state index contributed by atoms with van der Waals surface area (Å²) in [6.07, 6.45) is 5.10. The molecule has 18 heavy (non-hydrogen) atoms. The molecular formula is C12H16BrN3O2. The summed E-state index contributed by atoms with van der Waals surface area (Å²) in [5, 5.41) is 0. The van der Waals surface area contributed by atoms with E-state index in [2.05, 4.69) is 30.8 Å². The largest absolute Gasteiger partial charge is 0.466 e. The highest BCUT2D eigenvalue weighted by atomic mass is 79.9. The van der Waals surface area contributed by atoms with Gasteiger partial charge >= 0.3 is 5.97 Å². The Balaban J connectivity index is 2.07. The molecule has 0 N–H and O–H groups in total. The van der Waals surface area contributed by atoms with E-state index in [1.54, 1.807) is 6.20 Å². The van der Waals surface area contributed by atoms with Gasteiger partial charge in [0.15, 0.2) is 0 Å². The Hall–Kier alpha value is -1.17. The topological polar surface area (TPSA) is 55.3 Å². The summed E-state index contributed by atoms with van der Waals surface area (Å²) in [5.74, 6) is 0.687. The van der Waals surface area contributed by atoms with Crippen LogP contribution in [0.15, 0.2) is 17.0 Å². The zero-order chi connectivity index (χ0) is 13.0. The maximum Gasteiger partial charge on any atom is 0.310 e. The highest BCUT2D eigenvalue weighted by molar-refractivity contribution is 9.10. The van der Waals surface area contributed by atoms with Crippen molar-refractivity contribution >= 4 is 27.7 Å². The Morgan fingerprint density at radius 1 is 1.67 bits per heavy atom. The molecule has 0 saturated carbocycles. The van der Waals surface area contributed by atoms with Crippen LogP contribution in [0, 0.1) is 5.92 Å². The molecule has 1 aromatic heterocycles. The molecule has 0 aromatic carbocycles. The molecule has 1 fully saturated rings. The van der Waals surface area contributed by atoms with Crippen molar-refractivity contribution in [3.8, 4) is 0 Å². The molecule has 98 valence electrons. The first-order valence-electron chi connectivity index (χ1n) is 6.09. The van der Waals surface area contributed by atoms with Gasteiger partial charge < -0.3 is 9.64 Å². The molecule has 6 heteroatoms. The zero-order valence-corrected chi connectivity index (χ0v) is 11.9. The van der Waals surface area contributed by atoms with Gasteiger partial charge in [-0.25, -0.2) is 9.97 Å². The number of rotatable bonds is 3. The summed E-state index contributed by atoms with van der Waals surface area (Å²) < 4.78 is 5.94. The van der Waals surface area contributed by atoms with Crippen LogP contribution in [0.1, 0.15) is 19.8 Å². The van der Waals surface area contributed by atoms with E-state index in [1.165, 1.54) is 6.33 Å². The van der Waals surface area contributed by atoms with E-state index < -0.39 is 0 Å². The minimum atomic E-state index is -0.104. The average Bonchev–Trinajstić information content (AvgIpc) is 2.40. The molecule has 1 saturated heterocycles. The lowest BCUT2D eigenvalue weighted by Crippen LogP contribution is -2.40. The highest BCUT2D eigenvalue weighted by Gasteiger charge is 2.28. The van der Waals surface area contributed by atoms with Gasteiger partial charge in [-0.05, 0) is 35.7 Å². The van der Waals surface area contributed by atoms with Crippen LogP contribution >= 0.6 is 15.9 Å². The number of piperidine rings is 1. The van der Waals surface area contributed by atoms with Crippen LogP contribution in [0.5, 0.6) is 0 Å². The SMILES string of the molecule is CCOC(=O)C1CCCN(c2ncncc2Br)C1. The predicted octanol–water partition coefficient (Wildman–Crippen LogP) is 2.02. The van der Waals surface area contributed by atoms with Gasteiger partial charge in [-0.2, -0.15) is 0 Å². The fourth-order valence-corrected chi connectivity index (χ4v) is 2.63. The first kappa shape index (κ1) is 13.3. The fraction of sp³-hybridized carbons (Fsp3) is 0.583. The predicted molar refractivity (Wildman–Crippen MR) is 71.3 cm³/mol. The van der Waals surface area contributed by atoms with Gasteiger partial charge in [0.1, 0.15) is 12.1 Å². The number of carbonyl (C=O) groups is 1. The van der Waals surface area contributed by atoms with E-state index in [9.17, 15) is 4.79 Å². The van der Waals surface area contributed by atoms with Crippen molar-refractivity contribution < 1.29 is 9.53 Å². The molecule has 1 atom stereocenters. The molecular weight excluding hydrogens is 298 g/mol. The second kappa shape index (κ2) is 6.13. The Morgan fingerprint density at radius 2 is 2.50 bits per heavy atom. The zero-order valence-electron chi connectivity index (χ0n) is 10.3. The number of carbonyl (C=O) groups excluding carboxylic acids is 1. The number of esters is 1. The fourth-order valence-electron chi connectivity index (χ4n) is 2.16. The lowest BCUT2D eigenvalue weighted by Gasteiger charge is -2.32. The minimum Gasteiger partial charge on any atom is -0.466 e. The van der Waals surface area contributed by atoms with Crippen LogP contribution in [-0.4, -0.2) is 35.6 Å². The van der Waals surface area contributed by atoms with Crippen molar-refractivity contribution in [2.45, 2.75) is 19.8 Å². The average molecular weight is 314 g/mol. The van der Waals surface area contributed by atoms with Gasteiger partial charge in [0, 0.05) is 19.3 Å². The third-order valence-electron chi connectivity index (χ3n) is 2.99. The molecule has 1 unspecified atom stereocenters. The van der Waals surface area contributed by atoms with Crippen LogP contribution < -0.4 is 4.90 Å². The second-order valence-corrected chi connectivity index (χ2v) is 5.09. The van der Waals surface area contributed by atoms with Gasteiger partial charge in [-0.15, -0.1) is 0 Å². The van der Waals surface area contributed by atoms with Crippen molar-refractivity contribution in [2.75, 3.05) is 24.6 Å². The van der Waals surface area contributed by atoms with Crippen LogP contribution in [0.4, 0.5) is 5.82 Å². The lowest BCUT2D eigenvalue weighted by atomic mass is 9.98. The maximum atomic E-state index is 11.8. The molecule has 0 aliphatic carbocycles. The van der Waals surface area contributed by atoms with E-state index >= 15 is 0 Å². The molecule has 1 aromatic rings.